The highest BCUT2D eigenvalue weighted by Gasteiger charge is 2.37. The van der Waals surface area contributed by atoms with E-state index in [1.807, 2.05) is 0 Å². The van der Waals surface area contributed by atoms with Crippen LogP contribution in [0.15, 0.2) is 57.6 Å². The van der Waals surface area contributed by atoms with Crippen LogP contribution in [0.25, 0.3) is 6.08 Å². The second-order valence-electron chi connectivity index (χ2n) is 7.34. The normalized spacial score (nSPS) is 14.6. The molecule has 0 atom stereocenters. The molecule has 0 radical (unpaired) electrons. The van der Waals surface area contributed by atoms with E-state index in [1.54, 1.807) is 24.3 Å². The third-order valence-corrected chi connectivity index (χ3v) is 5.57. The zero-order valence-electron chi connectivity index (χ0n) is 17.7. The first-order chi connectivity index (χ1) is 16.6. The van der Waals surface area contributed by atoms with Crippen LogP contribution in [-0.2, 0) is 11.4 Å². The van der Waals surface area contributed by atoms with Gasteiger partial charge in [0.15, 0.2) is 23.3 Å². The fourth-order valence-corrected chi connectivity index (χ4v) is 3.68. The lowest BCUT2D eigenvalue weighted by Crippen LogP contribution is -2.25. The number of nitrogens with zero attached hydrogens (tertiary/aromatic N) is 2. The van der Waals surface area contributed by atoms with Crippen LogP contribution in [0.1, 0.15) is 18.1 Å². The lowest BCUT2D eigenvalue weighted by molar-refractivity contribution is -0.114. The highest BCUT2D eigenvalue weighted by Crippen LogP contribution is 2.35. The van der Waals surface area contributed by atoms with E-state index in [1.165, 1.54) is 31.2 Å². The van der Waals surface area contributed by atoms with Crippen LogP contribution < -0.4 is 9.75 Å². The van der Waals surface area contributed by atoms with Crippen molar-refractivity contribution < 1.29 is 35.9 Å². The van der Waals surface area contributed by atoms with E-state index in [0.29, 0.717) is 10.0 Å². The predicted octanol–water partition coefficient (Wildman–Crippen LogP) is 6.67. The van der Waals surface area contributed by atoms with Gasteiger partial charge in [-0.2, -0.15) is 10.1 Å². The maximum absolute atomic E-state index is 14.3. The predicted molar refractivity (Wildman–Crippen MR) is 120 cm³/mol. The quantitative estimate of drug-likeness (QED) is 0.153. The summed E-state index contributed by atoms with van der Waals surface area (Å²) in [5.74, 6) is -12.5. The fourth-order valence-electron chi connectivity index (χ4n) is 3.31. The van der Waals surface area contributed by atoms with Crippen molar-refractivity contribution >= 4 is 39.3 Å². The second-order valence-corrected chi connectivity index (χ2v) is 8.26. The maximum Gasteiger partial charge on any atom is 0.280 e. The summed E-state index contributed by atoms with van der Waals surface area (Å²) in [5, 5.41) is 3.82. The van der Waals surface area contributed by atoms with Gasteiger partial charge in [-0.3, -0.25) is 4.79 Å². The molecule has 1 aliphatic heterocycles. The smallest absolute Gasteiger partial charge is 0.280 e. The summed E-state index contributed by atoms with van der Waals surface area (Å²) in [6, 6.07) is 10.7. The van der Waals surface area contributed by atoms with E-state index in [9.17, 15) is 31.1 Å². The van der Waals surface area contributed by atoms with Crippen LogP contribution >= 0.6 is 15.9 Å². The molecule has 1 heterocycles. The molecule has 0 saturated carbocycles. The number of carbonyl (C=O) groups excluding carboxylic acids is 1. The van der Waals surface area contributed by atoms with Crippen LogP contribution in [0.3, 0.4) is 0 Å². The highest BCUT2D eigenvalue weighted by atomic mass is 79.9. The van der Waals surface area contributed by atoms with Gasteiger partial charge >= 0.3 is 0 Å². The summed E-state index contributed by atoms with van der Waals surface area (Å²) in [4.78, 5) is 12.9. The third kappa shape index (κ3) is 4.55. The lowest BCUT2D eigenvalue weighted by Gasteiger charge is -2.15. The monoisotopic (exact) mass is 554 g/mol. The summed E-state index contributed by atoms with van der Waals surface area (Å²) in [5.41, 5.74) is -1.12. The Morgan fingerprint density at radius 2 is 1.57 bits per heavy atom. The molecular formula is C24H13BrF6N2O2. The molecule has 0 bridgehead atoms. The Bertz CT molecular complexity index is 1390. The van der Waals surface area contributed by atoms with Gasteiger partial charge in [0.1, 0.15) is 23.9 Å². The summed E-state index contributed by atoms with van der Waals surface area (Å²) in [6.07, 6.45) is 1.29. The van der Waals surface area contributed by atoms with E-state index in [0.717, 1.165) is 0 Å². The van der Waals surface area contributed by atoms with Crippen LogP contribution in [-0.4, -0.2) is 11.6 Å². The molecule has 3 aromatic rings. The van der Waals surface area contributed by atoms with E-state index in [-0.39, 0.29) is 34.2 Å². The van der Waals surface area contributed by atoms with Crippen LogP contribution in [0.2, 0.25) is 0 Å². The molecule has 3 aromatic carbocycles. The van der Waals surface area contributed by atoms with Gasteiger partial charge in [0.25, 0.3) is 5.91 Å². The Morgan fingerprint density at radius 3 is 2.23 bits per heavy atom. The molecule has 0 unspecified atom stereocenters. The maximum atomic E-state index is 14.3. The van der Waals surface area contributed by atoms with Gasteiger partial charge in [-0.15, -0.1) is 0 Å². The Labute approximate surface area is 203 Å². The van der Waals surface area contributed by atoms with Crippen molar-refractivity contribution in [1.29, 1.82) is 0 Å². The fraction of sp³-hybridized carbons (Fsp3) is 0.0833. The molecule has 1 aliphatic rings. The molecule has 35 heavy (non-hydrogen) atoms. The molecule has 0 aliphatic carbocycles. The average molecular weight is 555 g/mol. The average Bonchev–Trinajstić information content (AvgIpc) is 3.10. The minimum absolute atomic E-state index is 0.0426. The first-order valence-electron chi connectivity index (χ1n) is 9.89. The Morgan fingerprint density at radius 1 is 0.943 bits per heavy atom. The van der Waals surface area contributed by atoms with Gasteiger partial charge in [-0.25, -0.2) is 26.3 Å². The van der Waals surface area contributed by atoms with E-state index < -0.39 is 46.5 Å². The van der Waals surface area contributed by atoms with Crippen molar-refractivity contribution in [3.05, 3.63) is 98.5 Å². The van der Waals surface area contributed by atoms with Gasteiger partial charge in [0.05, 0.1) is 11.3 Å². The van der Waals surface area contributed by atoms with Crippen molar-refractivity contribution in [2.45, 2.75) is 13.5 Å². The van der Waals surface area contributed by atoms with Gasteiger partial charge in [-0.1, -0.05) is 34.1 Å². The van der Waals surface area contributed by atoms with Crippen molar-refractivity contribution in [1.82, 2.24) is 0 Å². The minimum atomic E-state index is -2.35. The molecule has 180 valence electrons. The molecule has 0 saturated heterocycles. The second kappa shape index (κ2) is 9.57. The van der Waals surface area contributed by atoms with Crippen LogP contribution in [0.5, 0.6) is 5.75 Å². The minimum Gasteiger partial charge on any atom is -0.488 e. The summed E-state index contributed by atoms with van der Waals surface area (Å²) in [7, 11) is 0. The van der Waals surface area contributed by atoms with Crippen LogP contribution in [0, 0.1) is 34.9 Å². The Hall–Kier alpha value is -3.60. The number of hydrogen-bond acceptors (Lipinski definition) is 3. The lowest BCUT2D eigenvalue weighted by atomic mass is 10.1. The van der Waals surface area contributed by atoms with E-state index in [2.05, 4.69) is 21.0 Å². The Balaban J connectivity index is 1.71. The molecule has 1 amide bonds. The molecular weight excluding hydrogens is 542 g/mol. The Kier molecular flexibility index (Phi) is 6.70. The third-order valence-electron chi connectivity index (χ3n) is 5.07. The molecule has 0 aromatic heterocycles. The van der Waals surface area contributed by atoms with Crippen molar-refractivity contribution in [3.8, 4) is 5.75 Å². The number of amides is 1. The first kappa shape index (κ1) is 24.5. The zero-order chi connectivity index (χ0) is 25.4. The summed E-state index contributed by atoms with van der Waals surface area (Å²) >= 11 is 3.29. The van der Waals surface area contributed by atoms with E-state index >= 15 is 0 Å². The highest BCUT2D eigenvalue weighted by molar-refractivity contribution is 9.10. The summed E-state index contributed by atoms with van der Waals surface area (Å²) in [6.45, 7) is 1.19. The molecule has 11 heteroatoms. The van der Waals surface area contributed by atoms with Gasteiger partial charge in [0.2, 0.25) is 5.82 Å². The largest absolute Gasteiger partial charge is 0.488 e. The van der Waals surface area contributed by atoms with Gasteiger partial charge in [-0.05, 0) is 37.3 Å². The van der Waals surface area contributed by atoms with Crippen molar-refractivity contribution in [3.63, 3.8) is 0 Å². The number of hydrazone groups is 1. The number of hydrogen-bond donors (Lipinski definition) is 0. The van der Waals surface area contributed by atoms with Gasteiger partial charge < -0.3 is 4.74 Å². The molecule has 0 spiro atoms. The molecule has 4 rings (SSSR count). The zero-order valence-corrected chi connectivity index (χ0v) is 19.3. The van der Waals surface area contributed by atoms with E-state index in [4.69, 9.17) is 4.74 Å². The SMILES string of the molecule is CC1=NN(c2c(F)c(F)c(F)c(F)c2F)C(=O)/C1=C/c1cc(Br)ccc1OCc1ccccc1F. The molecule has 0 fully saturated rings. The molecule has 4 nitrogen and oxygen atoms in total. The van der Waals surface area contributed by atoms with Crippen LogP contribution in [0.4, 0.5) is 32.0 Å². The van der Waals surface area contributed by atoms with Crippen molar-refractivity contribution in [2.24, 2.45) is 5.10 Å². The number of benzene rings is 3. The van der Waals surface area contributed by atoms with Gasteiger partial charge in [0, 0.05) is 15.6 Å². The number of ether oxygens (including phenoxy) is 1. The molecule has 0 N–H and O–H groups in total. The number of rotatable bonds is 5. The number of carbonyl (C=O) groups is 1. The summed E-state index contributed by atoms with van der Waals surface area (Å²) < 4.78 is 89.5. The standard InChI is InChI=1S/C24H13BrF6N2O2/c1-11-15(24(34)33(32-11)23-21(30)19(28)18(27)20(29)22(23)31)9-13-8-14(25)6-7-17(13)35-10-12-4-2-3-5-16(12)26/h2-9H,10H2,1H3/b15-9+. The topological polar surface area (TPSA) is 41.9 Å². The van der Waals surface area contributed by atoms with Crippen molar-refractivity contribution in [2.75, 3.05) is 5.01 Å². The number of halogens is 7. The first-order valence-corrected chi connectivity index (χ1v) is 10.7. The number of anilines is 1.